The van der Waals surface area contributed by atoms with Gasteiger partial charge in [-0.3, -0.25) is 14.5 Å². The summed E-state index contributed by atoms with van der Waals surface area (Å²) in [6.45, 7) is 0.456. The lowest BCUT2D eigenvalue weighted by Crippen LogP contribution is -2.41. The van der Waals surface area contributed by atoms with Crippen LogP contribution in [0.5, 0.6) is 0 Å². The fourth-order valence-electron chi connectivity index (χ4n) is 2.66. The number of imide groups is 1. The van der Waals surface area contributed by atoms with Crippen LogP contribution in [0.3, 0.4) is 0 Å². The average Bonchev–Trinajstić information content (AvgIpc) is 2.88. The first-order valence-corrected chi connectivity index (χ1v) is 9.07. The third-order valence-electron chi connectivity index (χ3n) is 4.00. The third kappa shape index (κ3) is 3.65. The van der Waals surface area contributed by atoms with E-state index in [-0.39, 0.29) is 17.1 Å². The van der Waals surface area contributed by atoms with E-state index in [4.69, 9.17) is 11.6 Å². The highest BCUT2D eigenvalue weighted by Crippen LogP contribution is 2.29. The fourth-order valence-corrected chi connectivity index (χ4v) is 3.90. The first kappa shape index (κ1) is 17.0. The zero-order valence-electron chi connectivity index (χ0n) is 13.3. The number of halogens is 1. The molecule has 1 aromatic heterocycles. The molecular formula is C17H18ClN3O2S. The van der Waals surface area contributed by atoms with E-state index in [0.29, 0.717) is 17.1 Å². The minimum absolute atomic E-state index is 0.138. The second-order valence-electron chi connectivity index (χ2n) is 5.72. The monoisotopic (exact) mass is 363 g/mol. The summed E-state index contributed by atoms with van der Waals surface area (Å²) >= 11 is 7.30. The Morgan fingerprint density at radius 2 is 2.04 bits per heavy atom. The van der Waals surface area contributed by atoms with E-state index in [9.17, 15) is 9.59 Å². The Morgan fingerprint density at radius 1 is 1.29 bits per heavy atom. The SMILES string of the molecule is Cn1ccnc1SC1CCCCN(C(=O)c2ccc(Cl)cc2)C1=O. The molecule has 1 unspecified atom stereocenters. The maximum Gasteiger partial charge on any atom is 0.260 e. The lowest BCUT2D eigenvalue weighted by atomic mass is 10.2. The average molecular weight is 364 g/mol. The molecule has 126 valence electrons. The Morgan fingerprint density at radius 3 is 2.71 bits per heavy atom. The number of likely N-dealkylation sites (tertiary alicyclic amines) is 1. The normalized spacial score (nSPS) is 18.5. The van der Waals surface area contributed by atoms with E-state index in [1.807, 2.05) is 17.8 Å². The second kappa shape index (κ2) is 7.40. The molecule has 2 aromatic rings. The summed E-state index contributed by atoms with van der Waals surface area (Å²) < 4.78 is 1.88. The van der Waals surface area contributed by atoms with Crippen LogP contribution in [0.25, 0.3) is 0 Å². The zero-order chi connectivity index (χ0) is 17.1. The number of nitrogens with zero attached hydrogens (tertiary/aromatic N) is 3. The van der Waals surface area contributed by atoms with Gasteiger partial charge < -0.3 is 4.57 Å². The quantitative estimate of drug-likeness (QED) is 0.784. The molecule has 2 amide bonds. The molecule has 0 N–H and O–H groups in total. The largest absolute Gasteiger partial charge is 0.329 e. The van der Waals surface area contributed by atoms with Crippen molar-refractivity contribution >= 4 is 35.2 Å². The summed E-state index contributed by atoms with van der Waals surface area (Å²) in [6.07, 6.45) is 6.04. The van der Waals surface area contributed by atoms with E-state index < -0.39 is 0 Å². The van der Waals surface area contributed by atoms with Crippen LogP contribution < -0.4 is 0 Å². The molecule has 7 heteroatoms. The van der Waals surface area contributed by atoms with E-state index in [1.54, 1.807) is 30.5 Å². The number of hydrogen-bond donors (Lipinski definition) is 0. The molecule has 0 spiro atoms. The Kier molecular flexibility index (Phi) is 5.26. The van der Waals surface area contributed by atoms with Gasteiger partial charge in [-0.1, -0.05) is 29.8 Å². The molecule has 1 saturated heterocycles. The molecular weight excluding hydrogens is 346 g/mol. The molecule has 1 atom stereocenters. The summed E-state index contributed by atoms with van der Waals surface area (Å²) in [4.78, 5) is 31.2. The third-order valence-corrected chi connectivity index (χ3v) is 5.58. The maximum absolute atomic E-state index is 12.9. The van der Waals surface area contributed by atoms with Crippen LogP contribution in [-0.4, -0.2) is 38.1 Å². The lowest BCUT2D eigenvalue weighted by molar-refractivity contribution is -0.127. The smallest absolute Gasteiger partial charge is 0.260 e. The van der Waals surface area contributed by atoms with Crippen LogP contribution >= 0.6 is 23.4 Å². The first-order valence-electron chi connectivity index (χ1n) is 7.81. The van der Waals surface area contributed by atoms with Crippen LogP contribution in [0.1, 0.15) is 29.6 Å². The van der Waals surface area contributed by atoms with Crippen molar-refractivity contribution in [3.05, 3.63) is 47.2 Å². The van der Waals surface area contributed by atoms with Crippen molar-refractivity contribution in [3.63, 3.8) is 0 Å². The Hall–Kier alpha value is -1.79. The Bertz CT molecular complexity index is 745. The number of hydrogen-bond acceptors (Lipinski definition) is 4. The van der Waals surface area contributed by atoms with Crippen LogP contribution in [0.2, 0.25) is 5.02 Å². The molecule has 0 aliphatic carbocycles. The molecule has 1 aliphatic rings. The summed E-state index contributed by atoms with van der Waals surface area (Å²) in [5.41, 5.74) is 0.482. The molecule has 0 saturated carbocycles. The van der Waals surface area contributed by atoms with Gasteiger partial charge in [-0.25, -0.2) is 4.98 Å². The predicted octanol–water partition coefficient (Wildman–Crippen LogP) is 3.39. The number of carbonyl (C=O) groups excluding carboxylic acids is 2. The zero-order valence-corrected chi connectivity index (χ0v) is 14.9. The molecule has 0 bridgehead atoms. The van der Waals surface area contributed by atoms with Crippen molar-refractivity contribution < 1.29 is 9.59 Å². The van der Waals surface area contributed by atoms with Gasteiger partial charge in [0, 0.05) is 36.6 Å². The van der Waals surface area contributed by atoms with Crippen LogP contribution in [-0.2, 0) is 11.8 Å². The molecule has 1 fully saturated rings. The van der Waals surface area contributed by atoms with E-state index in [1.165, 1.54) is 16.7 Å². The van der Waals surface area contributed by atoms with Crippen molar-refractivity contribution in [2.45, 2.75) is 29.7 Å². The summed E-state index contributed by atoms with van der Waals surface area (Å²) in [5, 5.41) is 1.07. The first-order chi connectivity index (χ1) is 11.6. The summed E-state index contributed by atoms with van der Waals surface area (Å²) in [6, 6.07) is 6.64. The van der Waals surface area contributed by atoms with Crippen molar-refractivity contribution in [1.29, 1.82) is 0 Å². The molecule has 3 rings (SSSR count). The van der Waals surface area contributed by atoms with Gasteiger partial charge in [-0.15, -0.1) is 0 Å². The maximum atomic E-state index is 12.9. The van der Waals surface area contributed by atoms with Crippen molar-refractivity contribution in [1.82, 2.24) is 14.5 Å². The lowest BCUT2D eigenvalue weighted by Gasteiger charge is -2.22. The number of imidazole rings is 1. The van der Waals surface area contributed by atoms with Gasteiger partial charge >= 0.3 is 0 Å². The molecule has 2 heterocycles. The van der Waals surface area contributed by atoms with E-state index in [2.05, 4.69) is 4.98 Å². The van der Waals surface area contributed by atoms with Crippen molar-refractivity contribution in [2.24, 2.45) is 7.05 Å². The van der Waals surface area contributed by atoms with E-state index >= 15 is 0 Å². The van der Waals surface area contributed by atoms with Gasteiger partial charge in [0.15, 0.2) is 5.16 Å². The van der Waals surface area contributed by atoms with Gasteiger partial charge in [0.05, 0.1) is 5.25 Å². The minimum Gasteiger partial charge on any atom is -0.329 e. The van der Waals surface area contributed by atoms with Gasteiger partial charge in [0.1, 0.15) is 0 Å². The number of rotatable bonds is 3. The summed E-state index contributed by atoms with van der Waals surface area (Å²) in [7, 11) is 1.90. The predicted molar refractivity (Wildman–Crippen MR) is 94.2 cm³/mol. The van der Waals surface area contributed by atoms with Crippen LogP contribution in [0.4, 0.5) is 0 Å². The van der Waals surface area contributed by atoms with Gasteiger partial charge in [-0.2, -0.15) is 0 Å². The number of benzene rings is 1. The number of carbonyl (C=O) groups is 2. The minimum atomic E-state index is -0.287. The standard InChI is InChI=1S/C17H18ClN3O2S/c1-20-11-9-19-17(20)24-14-4-2-3-10-21(16(14)23)15(22)12-5-7-13(18)8-6-12/h5-9,11,14H,2-4,10H2,1H3. The number of aryl methyl sites for hydroxylation is 1. The van der Waals surface area contributed by atoms with Crippen molar-refractivity contribution in [3.8, 4) is 0 Å². The highest BCUT2D eigenvalue weighted by Gasteiger charge is 2.32. The molecule has 5 nitrogen and oxygen atoms in total. The van der Waals surface area contributed by atoms with Crippen LogP contribution in [0, 0.1) is 0 Å². The Labute approximate surface area is 150 Å². The number of aromatic nitrogens is 2. The fraction of sp³-hybridized carbons (Fsp3) is 0.353. The number of thioether (sulfide) groups is 1. The highest BCUT2D eigenvalue weighted by atomic mass is 35.5. The molecule has 1 aliphatic heterocycles. The second-order valence-corrected chi connectivity index (χ2v) is 7.33. The Balaban J connectivity index is 1.79. The van der Waals surface area contributed by atoms with E-state index in [0.717, 1.165) is 24.4 Å². The summed E-state index contributed by atoms with van der Waals surface area (Å²) in [5.74, 6) is -0.399. The van der Waals surface area contributed by atoms with Gasteiger partial charge in [0.25, 0.3) is 5.91 Å². The highest BCUT2D eigenvalue weighted by molar-refractivity contribution is 8.00. The van der Waals surface area contributed by atoms with Gasteiger partial charge in [-0.05, 0) is 37.1 Å². The molecule has 1 aromatic carbocycles. The van der Waals surface area contributed by atoms with Crippen molar-refractivity contribution in [2.75, 3.05) is 6.54 Å². The van der Waals surface area contributed by atoms with Crippen LogP contribution in [0.15, 0.2) is 41.8 Å². The topological polar surface area (TPSA) is 55.2 Å². The molecule has 24 heavy (non-hydrogen) atoms. The number of amides is 2. The van der Waals surface area contributed by atoms with Gasteiger partial charge in [0.2, 0.25) is 5.91 Å². The molecule has 0 radical (unpaired) electrons.